The van der Waals surface area contributed by atoms with Crippen LogP contribution in [0.25, 0.3) is 0 Å². The van der Waals surface area contributed by atoms with Gasteiger partial charge in [-0.05, 0) is 51.5 Å². The van der Waals surface area contributed by atoms with Crippen molar-refractivity contribution < 1.29 is 17.9 Å². The Hall–Kier alpha value is -2.38. The van der Waals surface area contributed by atoms with Crippen molar-refractivity contribution in [3.63, 3.8) is 0 Å². The van der Waals surface area contributed by atoms with Crippen molar-refractivity contribution in [2.45, 2.75) is 50.6 Å². The molecule has 0 saturated heterocycles. The van der Waals surface area contributed by atoms with Crippen LogP contribution in [0, 0.1) is 6.92 Å². The lowest BCUT2D eigenvalue weighted by Crippen LogP contribution is -2.40. The highest BCUT2D eigenvalue weighted by molar-refractivity contribution is 7.89. The van der Waals surface area contributed by atoms with E-state index in [1.165, 1.54) is 12.1 Å². The van der Waals surface area contributed by atoms with E-state index in [1.807, 2.05) is 24.3 Å². The predicted octanol–water partition coefficient (Wildman–Crippen LogP) is 3.33. The molecule has 1 heterocycles. The molecule has 7 heteroatoms. The molecule has 0 fully saturated rings. The Bertz CT molecular complexity index is 994. The number of carbonyl (C=O) groups excluding carboxylic acids is 1. The molecule has 0 bridgehead atoms. The normalized spacial score (nSPS) is 16.8. The first-order chi connectivity index (χ1) is 13.1. The number of amides is 1. The number of para-hydroxylation sites is 1. The van der Waals surface area contributed by atoms with E-state index < -0.39 is 15.6 Å². The number of hydrogen-bond donors (Lipinski definition) is 2. The Kier molecular flexibility index (Phi) is 5.50. The Morgan fingerprint density at radius 3 is 2.57 bits per heavy atom. The average molecular weight is 403 g/mol. The molecule has 1 aliphatic heterocycles. The summed E-state index contributed by atoms with van der Waals surface area (Å²) in [7, 11) is -3.72. The van der Waals surface area contributed by atoms with Crippen molar-refractivity contribution in [3.8, 4) is 5.75 Å². The molecule has 28 heavy (non-hydrogen) atoms. The van der Waals surface area contributed by atoms with Gasteiger partial charge in [-0.25, -0.2) is 13.1 Å². The predicted molar refractivity (Wildman–Crippen MR) is 108 cm³/mol. The molecule has 0 spiro atoms. The number of carbonyl (C=O) groups is 1. The average Bonchev–Trinajstić information content (AvgIpc) is 2.60. The van der Waals surface area contributed by atoms with Gasteiger partial charge in [0.1, 0.15) is 5.75 Å². The molecule has 6 nitrogen and oxygen atoms in total. The van der Waals surface area contributed by atoms with E-state index in [-0.39, 0.29) is 16.8 Å². The van der Waals surface area contributed by atoms with Crippen LogP contribution in [-0.4, -0.2) is 26.5 Å². The van der Waals surface area contributed by atoms with E-state index in [0.717, 1.165) is 11.3 Å². The van der Waals surface area contributed by atoms with Gasteiger partial charge in [0.2, 0.25) is 10.0 Å². The highest BCUT2D eigenvalue weighted by atomic mass is 32.2. The molecule has 150 valence electrons. The molecule has 1 unspecified atom stereocenters. The summed E-state index contributed by atoms with van der Waals surface area (Å²) in [6.45, 7) is 7.63. The number of aryl methyl sites for hydroxylation is 1. The van der Waals surface area contributed by atoms with Gasteiger partial charge in [-0.2, -0.15) is 0 Å². The van der Waals surface area contributed by atoms with Crippen LogP contribution >= 0.6 is 0 Å². The molecule has 0 radical (unpaired) electrons. The molecule has 1 aliphatic rings. The summed E-state index contributed by atoms with van der Waals surface area (Å²) in [6.07, 6.45) is 0.658. The second kappa shape index (κ2) is 7.56. The van der Waals surface area contributed by atoms with Crippen LogP contribution in [0.5, 0.6) is 5.75 Å². The van der Waals surface area contributed by atoms with E-state index in [0.29, 0.717) is 24.2 Å². The summed E-state index contributed by atoms with van der Waals surface area (Å²) in [5.41, 5.74) is 1.38. The molecule has 2 N–H and O–H groups in total. The largest absolute Gasteiger partial charge is 0.493 e. The summed E-state index contributed by atoms with van der Waals surface area (Å²) in [5.74, 6) is 0.466. The first-order valence-electron chi connectivity index (χ1n) is 9.24. The van der Waals surface area contributed by atoms with E-state index in [4.69, 9.17) is 4.74 Å². The fourth-order valence-electron chi connectivity index (χ4n) is 3.20. The maximum absolute atomic E-state index is 12.9. The second-order valence-corrected chi connectivity index (χ2v) is 9.72. The summed E-state index contributed by atoms with van der Waals surface area (Å²) in [6, 6.07) is 12.0. The van der Waals surface area contributed by atoms with Crippen molar-refractivity contribution in [2.24, 2.45) is 0 Å². The van der Waals surface area contributed by atoms with Gasteiger partial charge in [0.25, 0.3) is 5.91 Å². The first-order valence-corrected chi connectivity index (χ1v) is 10.7. The number of benzene rings is 2. The number of sulfonamides is 1. The van der Waals surface area contributed by atoms with Crippen LogP contribution in [0.3, 0.4) is 0 Å². The van der Waals surface area contributed by atoms with Crippen molar-refractivity contribution in [1.82, 2.24) is 10.0 Å². The van der Waals surface area contributed by atoms with Gasteiger partial charge in [0.05, 0.1) is 17.5 Å². The number of ether oxygens (including phenoxy) is 1. The monoisotopic (exact) mass is 402 g/mol. The van der Waals surface area contributed by atoms with E-state index in [1.54, 1.807) is 33.8 Å². The third kappa shape index (κ3) is 4.54. The fourth-order valence-corrected chi connectivity index (χ4v) is 4.65. The van der Waals surface area contributed by atoms with Crippen LogP contribution in [-0.2, 0) is 10.0 Å². The number of fused-ring (bicyclic) bond motifs is 1. The minimum atomic E-state index is -3.72. The topological polar surface area (TPSA) is 84.5 Å². The molecule has 2 aromatic rings. The molecule has 3 rings (SSSR count). The summed E-state index contributed by atoms with van der Waals surface area (Å²) in [5, 5.41) is 3.02. The van der Waals surface area contributed by atoms with Crippen molar-refractivity contribution in [3.05, 3.63) is 59.2 Å². The van der Waals surface area contributed by atoms with Crippen LogP contribution in [0.1, 0.15) is 54.7 Å². The second-order valence-electron chi connectivity index (χ2n) is 8.03. The molecular formula is C21H26N2O4S. The molecule has 0 saturated carbocycles. The summed E-state index contributed by atoms with van der Waals surface area (Å²) >= 11 is 0. The maximum Gasteiger partial charge on any atom is 0.252 e. The van der Waals surface area contributed by atoms with Crippen LogP contribution in [0.15, 0.2) is 47.4 Å². The zero-order valence-electron chi connectivity index (χ0n) is 16.6. The molecule has 1 amide bonds. The number of rotatable bonds is 4. The van der Waals surface area contributed by atoms with E-state index >= 15 is 0 Å². The Morgan fingerprint density at radius 2 is 1.86 bits per heavy atom. The van der Waals surface area contributed by atoms with E-state index in [2.05, 4.69) is 10.0 Å². The molecule has 2 aromatic carbocycles. The number of nitrogens with one attached hydrogen (secondary N) is 2. The first kappa shape index (κ1) is 20.4. The van der Waals surface area contributed by atoms with E-state index in [9.17, 15) is 13.2 Å². The highest BCUT2D eigenvalue weighted by Crippen LogP contribution is 2.32. The Labute approximate surface area is 166 Å². The molecule has 0 aliphatic carbocycles. The SMILES string of the molecule is Cc1ccc(S(=O)(=O)NC(C)(C)C)cc1C(=O)NC1CCOc2ccccc21. The van der Waals surface area contributed by atoms with Crippen LogP contribution in [0.2, 0.25) is 0 Å². The Morgan fingerprint density at radius 1 is 1.14 bits per heavy atom. The zero-order valence-corrected chi connectivity index (χ0v) is 17.4. The quantitative estimate of drug-likeness (QED) is 0.822. The van der Waals surface area contributed by atoms with Crippen LogP contribution < -0.4 is 14.8 Å². The maximum atomic E-state index is 12.9. The van der Waals surface area contributed by atoms with Gasteiger partial charge in [-0.15, -0.1) is 0 Å². The highest BCUT2D eigenvalue weighted by Gasteiger charge is 2.26. The smallest absolute Gasteiger partial charge is 0.252 e. The minimum Gasteiger partial charge on any atom is -0.493 e. The van der Waals surface area contributed by atoms with Crippen molar-refractivity contribution in [1.29, 1.82) is 0 Å². The van der Waals surface area contributed by atoms with Gasteiger partial charge in [-0.3, -0.25) is 4.79 Å². The number of hydrogen-bond acceptors (Lipinski definition) is 4. The third-order valence-corrected chi connectivity index (χ3v) is 6.22. The molecule has 1 atom stereocenters. The third-order valence-electron chi connectivity index (χ3n) is 4.47. The summed E-state index contributed by atoms with van der Waals surface area (Å²) < 4.78 is 33.5. The van der Waals surface area contributed by atoms with Crippen molar-refractivity contribution >= 4 is 15.9 Å². The lowest BCUT2D eigenvalue weighted by Gasteiger charge is -2.27. The van der Waals surface area contributed by atoms with Crippen LogP contribution in [0.4, 0.5) is 0 Å². The zero-order chi connectivity index (χ0) is 20.5. The minimum absolute atomic E-state index is 0.0746. The van der Waals surface area contributed by atoms with Gasteiger partial charge in [0, 0.05) is 23.1 Å². The lowest BCUT2D eigenvalue weighted by atomic mass is 9.99. The van der Waals surface area contributed by atoms with Gasteiger partial charge < -0.3 is 10.1 Å². The standard InChI is InChI=1S/C21H26N2O4S/c1-14-9-10-15(28(25,26)23-21(2,3)4)13-17(14)20(24)22-18-11-12-27-19-8-6-5-7-16(18)19/h5-10,13,18,23H,11-12H2,1-4H3,(H,22,24). The Balaban J connectivity index is 1.87. The fraction of sp³-hybridized carbons (Fsp3) is 0.381. The molecular weight excluding hydrogens is 376 g/mol. The lowest BCUT2D eigenvalue weighted by molar-refractivity contribution is 0.0924. The van der Waals surface area contributed by atoms with Gasteiger partial charge in [0.15, 0.2) is 0 Å². The summed E-state index contributed by atoms with van der Waals surface area (Å²) in [4.78, 5) is 13.0. The molecule has 0 aromatic heterocycles. The van der Waals surface area contributed by atoms with Gasteiger partial charge in [-0.1, -0.05) is 24.3 Å². The van der Waals surface area contributed by atoms with Crippen molar-refractivity contribution in [2.75, 3.05) is 6.61 Å². The van der Waals surface area contributed by atoms with Gasteiger partial charge >= 0.3 is 0 Å².